The Morgan fingerprint density at radius 2 is 1.85 bits per heavy atom. The minimum absolute atomic E-state index is 0.0918. The molecular weight excluding hydrogens is 503 g/mol. The van der Waals surface area contributed by atoms with E-state index in [2.05, 4.69) is 10.3 Å². The van der Waals surface area contributed by atoms with Crippen LogP contribution in [0.2, 0.25) is 10.0 Å². The lowest BCUT2D eigenvalue weighted by Gasteiger charge is -2.18. The van der Waals surface area contributed by atoms with E-state index >= 15 is 0 Å². The van der Waals surface area contributed by atoms with Crippen molar-refractivity contribution in [2.24, 2.45) is 0 Å². The highest BCUT2D eigenvalue weighted by atomic mass is 35.5. The topological polar surface area (TPSA) is 84.3 Å². The number of carbonyl (C=O) groups is 1. The molecule has 0 saturated carbocycles. The molecule has 7 nitrogen and oxygen atoms in total. The lowest BCUT2D eigenvalue weighted by Crippen LogP contribution is -2.30. The summed E-state index contributed by atoms with van der Waals surface area (Å²) in [5, 5.41) is 4.17. The number of aryl methyl sites for hydroxylation is 2. The van der Waals surface area contributed by atoms with Crippen molar-refractivity contribution in [3.8, 4) is 0 Å². The van der Waals surface area contributed by atoms with Crippen molar-refractivity contribution in [3.05, 3.63) is 45.9 Å². The summed E-state index contributed by atoms with van der Waals surface area (Å²) in [4.78, 5) is 17.4. The number of carbonyl (C=O) groups excluding carboxylic acids is 1. The number of thioether (sulfide) groups is 1. The number of imidazole rings is 1. The van der Waals surface area contributed by atoms with Crippen LogP contribution in [-0.2, 0) is 21.4 Å². The molecule has 0 unspecified atom stereocenters. The number of anilines is 1. The fraction of sp³-hybridized carbons (Fsp3) is 0.364. The summed E-state index contributed by atoms with van der Waals surface area (Å²) in [6, 6.07) is 8.43. The molecule has 0 bridgehead atoms. The molecule has 11 heteroatoms. The van der Waals surface area contributed by atoms with E-state index in [1.165, 1.54) is 16.1 Å². The van der Waals surface area contributed by atoms with Crippen LogP contribution in [0.3, 0.4) is 0 Å². The number of benzene rings is 2. The highest BCUT2D eigenvalue weighted by molar-refractivity contribution is 7.99. The first-order valence-corrected chi connectivity index (χ1v) is 13.7. The maximum Gasteiger partial charge on any atom is 0.243 e. The van der Waals surface area contributed by atoms with Gasteiger partial charge >= 0.3 is 0 Å². The SMILES string of the molecule is CCN(CC)S(=O)(=O)c1ccc2c(c1)nc(SCC(=O)Nc1c(Cl)ccc(C)c1Cl)n2CC. The van der Waals surface area contributed by atoms with Crippen LogP contribution in [0.15, 0.2) is 40.4 Å². The van der Waals surface area contributed by atoms with Crippen molar-refractivity contribution in [1.82, 2.24) is 13.9 Å². The zero-order chi connectivity index (χ0) is 24.3. The summed E-state index contributed by atoms with van der Waals surface area (Å²) >= 11 is 13.7. The molecule has 1 amide bonds. The molecular formula is C22H26Cl2N4O3S2. The molecule has 0 fully saturated rings. The van der Waals surface area contributed by atoms with Crippen LogP contribution in [0.5, 0.6) is 0 Å². The number of fused-ring (bicyclic) bond motifs is 1. The fourth-order valence-electron chi connectivity index (χ4n) is 3.45. The Morgan fingerprint density at radius 1 is 1.15 bits per heavy atom. The number of rotatable bonds is 9. The van der Waals surface area contributed by atoms with E-state index in [-0.39, 0.29) is 16.6 Å². The van der Waals surface area contributed by atoms with E-state index in [0.29, 0.717) is 46.0 Å². The second kappa shape index (κ2) is 10.7. The molecule has 0 aliphatic rings. The van der Waals surface area contributed by atoms with Gasteiger partial charge in [0.15, 0.2) is 5.16 Å². The Balaban J connectivity index is 1.84. The third kappa shape index (κ3) is 5.33. The number of nitrogens with zero attached hydrogens (tertiary/aromatic N) is 3. The molecule has 178 valence electrons. The molecule has 0 saturated heterocycles. The van der Waals surface area contributed by atoms with Gasteiger partial charge in [0.25, 0.3) is 0 Å². The number of sulfonamides is 1. The van der Waals surface area contributed by atoms with Crippen molar-refractivity contribution >= 4 is 67.6 Å². The Morgan fingerprint density at radius 3 is 2.48 bits per heavy atom. The standard InChI is InChI=1S/C22H26Cl2N4O3S2/c1-5-27(6-2)33(30,31)15-9-11-18-17(12-15)25-22(28(18)7-3)32-13-19(29)26-21-16(23)10-8-14(4)20(21)24/h8-12H,5-7,13H2,1-4H3,(H,26,29). The fourth-order valence-corrected chi connectivity index (χ4v) is 6.28. The summed E-state index contributed by atoms with van der Waals surface area (Å²) in [5.41, 5.74) is 2.58. The molecule has 0 spiro atoms. The second-order valence-corrected chi connectivity index (χ2v) is 10.9. The van der Waals surface area contributed by atoms with Crippen LogP contribution in [-0.4, -0.2) is 47.0 Å². The first kappa shape index (κ1) is 25.8. The molecule has 1 aromatic heterocycles. The van der Waals surface area contributed by atoms with Gasteiger partial charge in [0.05, 0.1) is 37.4 Å². The zero-order valence-corrected chi connectivity index (χ0v) is 22.0. The van der Waals surface area contributed by atoms with E-state index in [4.69, 9.17) is 23.2 Å². The van der Waals surface area contributed by atoms with E-state index in [0.717, 1.165) is 11.1 Å². The highest BCUT2D eigenvalue weighted by Gasteiger charge is 2.23. The van der Waals surface area contributed by atoms with Gasteiger partial charge in [0.1, 0.15) is 0 Å². The Labute approximate surface area is 208 Å². The third-order valence-electron chi connectivity index (χ3n) is 5.23. The summed E-state index contributed by atoms with van der Waals surface area (Å²) in [5.74, 6) is -0.178. The largest absolute Gasteiger partial charge is 0.323 e. The van der Waals surface area contributed by atoms with Gasteiger partial charge in [0.2, 0.25) is 15.9 Å². The van der Waals surface area contributed by atoms with E-state index in [1.54, 1.807) is 30.3 Å². The van der Waals surface area contributed by atoms with Crippen LogP contribution in [0.4, 0.5) is 5.69 Å². The predicted molar refractivity (Wildman–Crippen MR) is 136 cm³/mol. The number of hydrogen-bond donors (Lipinski definition) is 1. The van der Waals surface area contributed by atoms with Gasteiger partial charge in [-0.3, -0.25) is 4.79 Å². The quantitative estimate of drug-likeness (QED) is 0.374. The van der Waals surface area contributed by atoms with Crippen molar-refractivity contribution in [1.29, 1.82) is 0 Å². The van der Waals surface area contributed by atoms with Gasteiger partial charge in [-0.05, 0) is 43.7 Å². The van der Waals surface area contributed by atoms with Crippen molar-refractivity contribution in [3.63, 3.8) is 0 Å². The van der Waals surface area contributed by atoms with Crippen molar-refractivity contribution in [2.45, 2.75) is 44.3 Å². The molecule has 0 aliphatic carbocycles. The van der Waals surface area contributed by atoms with E-state index in [9.17, 15) is 13.2 Å². The zero-order valence-electron chi connectivity index (χ0n) is 18.9. The van der Waals surface area contributed by atoms with Gasteiger partial charge in [0, 0.05) is 19.6 Å². The van der Waals surface area contributed by atoms with Gasteiger partial charge in [-0.1, -0.05) is 54.9 Å². The monoisotopic (exact) mass is 528 g/mol. The van der Waals surface area contributed by atoms with Gasteiger partial charge in [-0.2, -0.15) is 4.31 Å². The minimum Gasteiger partial charge on any atom is -0.323 e. The number of nitrogens with one attached hydrogen (secondary N) is 1. The summed E-state index contributed by atoms with van der Waals surface area (Å²) in [6.45, 7) is 8.83. The van der Waals surface area contributed by atoms with Gasteiger partial charge < -0.3 is 9.88 Å². The first-order valence-electron chi connectivity index (χ1n) is 10.5. The smallest absolute Gasteiger partial charge is 0.243 e. The molecule has 3 aromatic rings. The lowest BCUT2D eigenvalue weighted by atomic mass is 10.2. The molecule has 0 aliphatic heterocycles. The Kier molecular flexibility index (Phi) is 8.34. The molecule has 2 aromatic carbocycles. The average molecular weight is 530 g/mol. The first-order chi connectivity index (χ1) is 15.6. The lowest BCUT2D eigenvalue weighted by molar-refractivity contribution is -0.113. The van der Waals surface area contributed by atoms with E-state index < -0.39 is 10.0 Å². The number of aromatic nitrogens is 2. The van der Waals surface area contributed by atoms with Crippen LogP contribution in [0.25, 0.3) is 11.0 Å². The molecule has 3 rings (SSSR count). The minimum atomic E-state index is -3.59. The van der Waals surface area contributed by atoms with Crippen LogP contribution < -0.4 is 5.32 Å². The predicted octanol–water partition coefficient (Wildman–Crippen LogP) is 5.43. The van der Waals surface area contributed by atoms with E-state index in [1.807, 2.05) is 32.3 Å². The van der Waals surface area contributed by atoms with Crippen LogP contribution in [0.1, 0.15) is 26.3 Å². The normalized spacial score (nSPS) is 12.0. The maximum absolute atomic E-state index is 12.9. The van der Waals surface area contributed by atoms with Crippen LogP contribution in [0, 0.1) is 6.92 Å². The Hall–Kier alpha value is -1.78. The summed E-state index contributed by atoms with van der Waals surface area (Å²) in [7, 11) is -3.59. The summed E-state index contributed by atoms with van der Waals surface area (Å²) < 4.78 is 29.1. The second-order valence-electron chi connectivity index (χ2n) is 7.27. The van der Waals surface area contributed by atoms with Crippen molar-refractivity contribution in [2.75, 3.05) is 24.2 Å². The van der Waals surface area contributed by atoms with Gasteiger partial charge in [-0.15, -0.1) is 0 Å². The Bertz CT molecular complexity index is 1290. The van der Waals surface area contributed by atoms with Gasteiger partial charge in [-0.25, -0.2) is 13.4 Å². The molecule has 1 N–H and O–H groups in total. The van der Waals surface area contributed by atoms with Crippen molar-refractivity contribution < 1.29 is 13.2 Å². The van der Waals surface area contributed by atoms with Crippen LogP contribution >= 0.6 is 35.0 Å². The highest BCUT2D eigenvalue weighted by Crippen LogP contribution is 2.33. The molecule has 1 heterocycles. The third-order valence-corrected chi connectivity index (χ3v) is 9.05. The molecule has 33 heavy (non-hydrogen) atoms. The molecule has 0 radical (unpaired) electrons. The number of hydrogen-bond acceptors (Lipinski definition) is 5. The number of halogens is 2. The average Bonchev–Trinajstić information content (AvgIpc) is 3.15. The molecule has 0 atom stereocenters. The maximum atomic E-state index is 12.9. The summed E-state index contributed by atoms with van der Waals surface area (Å²) in [6.07, 6.45) is 0. The number of amides is 1.